The number of hydrogen-bond donors (Lipinski definition) is 1. The number of rotatable bonds is 4. The molecule has 0 fully saturated rings. The fourth-order valence-electron chi connectivity index (χ4n) is 2.43. The van der Waals surface area contributed by atoms with Crippen molar-refractivity contribution in [3.8, 4) is 0 Å². The molecule has 1 aliphatic rings. The highest BCUT2D eigenvalue weighted by molar-refractivity contribution is 8.38. The van der Waals surface area contributed by atoms with Crippen LogP contribution in [0.3, 0.4) is 0 Å². The average molecular weight is 411 g/mol. The van der Waals surface area contributed by atoms with E-state index in [2.05, 4.69) is 16.4 Å². The van der Waals surface area contributed by atoms with Gasteiger partial charge in [-0.1, -0.05) is 71.0 Å². The Morgan fingerprint density at radius 2 is 2.12 bits per heavy atom. The van der Waals surface area contributed by atoms with Gasteiger partial charge in [0.15, 0.2) is 0 Å². The number of halogens is 2. The van der Waals surface area contributed by atoms with Gasteiger partial charge in [0.1, 0.15) is 4.38 Å². The van der Waals surface area contributed by atoms with Gasteiger partial charge in [-0.3, -0.25) is 4.79 Å². The quantitative estimate of drug-likeness (QED) is 0.687. The number of nitrogens with one attached hydrogen (secondary N) is 1. The minimum absolute atomic E-state index is 0.0503. The first-order valence-electron chi connectivity index (χ1n) is 7.69. The zero-order valence-corrected chi connectivity index (χ0v) is 16.6. The molecule has 2 aromatic carbocycles. The lowest BCUT2D eigenvalue weighted by atomic mass is 10.1. The number of benzene rings is 2. The molecule has 0 aromatic heterocycles. The summed E-state index contributed by atoms with van der Waals surface area (Å²) in [6.45, 7) is 1.90. The molecular weight excluding hydrogens is 395 g/mol. The number of hydrogen-bond acceptors (Lipinski definition) is 4. The van der Waals surface area contributed by atoms with E-state index in [0.717, 1.165) is 21.4 Å². The highest BCUT2D eigenvalue weighted by atomic mass is 35.5. The van der Waals surface area contributed by atoms with Gasteiger partial charge in [0.25, 0.3) is 0 Å². The van der Waals surface area contributed by atoms with Gasteiger partial charge < -0.3 is 5.32 Å². The number of fused-ring (bicyclic) bond motifs is 1. The van der Waals surface area contributed by atoms with Gasteiger partial charge in [0, 0.05) is 15.8 Å². The SMILES string of the molecule is C[C@@H](NC(=O)CSC1=Nc2ccccc2CS1)c1ccc(Cl)cc1Cl. The van der Waals surface area contributed by atoms with Gasteiger partial charge in [-0.15, -0.1) is 0 Å². The van der Waals surface area contributed by atoms with Crippen molar-refractivity contribution >= 4 is 62.7 Å². The van der Waals surface area contributed by atoms with Gasteiger partial charge in [-0.25, -0.2) is 4.99 Å². The van der Waals surface area contributed by atoms with E-state index in [1.807, 2.05) is 31.2 Å². The van der Waals surface area contributed by atoms with E-state index in [0.29, 0.717) is 15.8 Å². The molecule has 130 valence electrons. The Morgan fingerprint density at radius 3 is 2.92 bits per heavy atom. The lowest BCUT2D eigenvalue weighted by molar-refractivity contribution is -0.119. The van der Waals surface area contributed by atoms with E-state index in [1.165, 1.54) is 17.3 Å². The highest BCUT2D eigenvalue weighted by Crippen LogP contribution is 2.34. The third-order valence-electron chi connectivity index (χ3n) is 3.69. The van der Waals surface area contributed by atoms with Crippen LogP contribution in [0, 0.1) is 0 Å². The van der Waals surface area contributed by atoms with Crippen LogP contribution in [0.2, 0.25) is 10.0 Å². The van der Waals surface area contributed by atoms with Crippen molar-refractivity contribution in [3.63, 3.8) is 0 Å². The summed E-state index contributed by atoms with van der Waals surface area (Å²) < 4.78 is 0.922. The van der Waals surface area contributed by atoms with Crippen LogP contribution in [0.15, 0.2) is 47.5 Å². The van der Waals surface area contributed by atoms with Gasteiger partial charge in [0.05, 0.1) is 17.5 Å². The molecule has 0 saturated carbocycles. The van der Waals surface area contributed by atoms with Crippen LogP contribution in [-0.2, 0) is 10.5 Å². The largest absolute Gasteiger partial charge is 0.349 e. The molecule has 1 atom stereocenters. The summed E-state index contributed by atoms with van der Waals surface area (Å²) >= 11 is 15.2. The maximum absolute atomic E-state index is 12.2. The molecule has 1 aliphatic heterocycles. The molecule has 0 spiro atoms. The normalized spacial score (nSPS) is 14.4. The molecule has 2 aromatic rings. The Morgan fingerprint density at radius 1 is 1.32 bits per heavy atom. The zero-order valence-electron chi connectivity index (χ0n) is 13.5. The second-order valence-corrected chi connectivity index (χ2v) is 8.57. The summed E-state index contributed by atoms with van der Waals surface area (Å²) in [6.07, 6.45) is 0. The number of carbonyl (C=O) groups is 1. The van der Waals surface area contributed by atoms with Crippen molar-refractivity contribution in [1.82, 2.24) is 5.32 Å². The van der Waals surface area contributed by atoms with Crippen LogP contribution < -0.4 is 5.32 Å². The predicted molar refractivity (Wildman–Crippen MR) is 110 cm³/mol. The summed E-state index contributed by atoms with van der Waals surface area (Å²) in [5, 5.41) is 4.10. The molecule has 1 heterocycles. The summed E-state index contributed by atoms with van der Waals surface area (Å²) in [5.74, 6) is 1.16. The van der Waals surface area contributed by atoms with Crippen LogP contribution >= 0.6 is 46.7 Å². The van der Waals surface area contributed by atoms with Crippen molar-refractivity contribution in [1.29, 1.82) is 0 Å². The van der Waals surface area contributed by atoms with Gasteiger partial charge in [0.2, 0.25) is 5.91 Å². The van der Waals surface area contributed by atoms with Crippen LogP contribution in [-0.4, -0.2) is 16.0 Å². The van der Waals surface area contributed by atoms with E-state index in [4.69, 9.17) is 23.2 Å². The lowest BCUT2D eigenvalue weighted by Crippen LogP contribution is -2.28. The van der Waals surface area contributed by atoms with E-state index in [1.54, 1.807) is 23.9 Å². The van der Waals surface area contributed by atoms with E-state index in [9.17, 15) is 4.79 Å². The smallest absolute Gasteiger partial charge is 0.230 e. The van der Waals surface area contributed by atoms with E-state index in [-0.39, 0.29) is 11.9 Å². The van der Waals surface area contributed by atoms with Gasteiger partial charge in [-0.05, 0) is 36.2 Å². The maximum Gasteiger partial charge on any atom is 0.230 e. The van der Waals surface area contributed by atoms with Crippen molar-refractivity contribution in [2.45, 2.75) is 18.7 Å². The third-order valence-corrected chi connectivity index (χ3v) is 6.50. The Balaban J connectivity index is 1.56. The predicted octanol–water partition coefficient (Wildman–Crippen LogP) is 5.84. The molecule has 25 heavy (non-hydrogen) atoms. The zero-order chi connectivity index (χ0) is 17.8. The highest BCUT2D eigenvalue weighted by Gasteiger charge is 2.16. The first-order chi connectivity index (χ1) is 12.0. The lowest BCUT2D eigenvalue weighted by Gasteiger charge is -2.17. The van der Waals surface area contributed by atoms with Crippen LogP contribution in [0.4, 0.5) is 5.69 Å². The third kappa shape index (κ3) is 4.94. The van der Waals surface area contributed by atoms with Crippen molar-refractivity contribution in [2.24, 2.45) is 4.99 Å². The van der Waals surface area contributed by atoms with Crippen molar-refractivity contribution < 1.29 is 4.79 Å². The molecule has 0 radical (unpaired) electrons. The number of nitrogens with zero attached hydrogens (tertiary/aromatic N) is 1. The summed E-state index contributed by atoms with van der Waals surface area (Å²) in [5.41, 5.74) is 3.07. The number of aliphatic imine (C=N–C) groups is 1. The fourth-order valence-corrected chi connectivity index (χ4v) is 4.87. The Bertz CT molecular complexity index is 826. The monoisotopic (exact) mass is 410 g/mol. The molecule has 7 heteroatoms. The minimum atomic E-state index is -0.181. The Labute approximate surface area is 165 Å². The minimum Gasteiger partial charge on any atom is -0.349 e. The number of para-hydroxylation sites is 1. The van der Waals surface area contributed by atoms with Gasteiger partial charge >= 0.3 is 0 Å². The van der Waals surface area contributed by atoms with Crippen LogP contribution in [0.25, 0.3) is 0 Å². The van der Waals surface area contributed by atoms with Crippen molar-refractivity contribution in [2.75, 3.05) is 5.75 Å². The molecule has 0 bridgehead atoms. The van der Waals surface area contributed by atoms with E-state index < -0.39 is 0 Å². The topological polar surface area (TPSA) is 41.5 Å². The summed E-state index contributed by atoms with van der Waals surface area (Å²) in [6, 6.07) is 13.2. The first-order valence-corrected chi connectivity index (χ1v) is 10.4. The molecule has 0 unspecified atom stereocenters. The van der Waals surface area contributed by atoms with Gasteiger partial charge in [-0.2, -0.15) is 0 Å². The molecule has 3 rings (SSSR count). The molecule has 0 aliphatic carbocycles. The van der Waals surface area contributed by atoms with Crippen LogP contribution in [0.1, 0.15) is 24.1 Å². The summed E-state index contributed by atoms with van der Waals surface area (Å²) in [4.78, 5) is 16.8. The molecule has 1 N–H and O–H groups in total. The molecule has 0 saturated heterocycles. The standard InChI is InChI=1S/C18H16Cl2N2OS2/c1-11(14-7-6-13(19)8-15(14)20)21-17(23)10-25-18-22-16-5-3-2-4-12(16)9-24-18/h2-8,11H,9-10H2,1H3,(H,21,23)/t11-/m1/s1. The number of thioether (sulfide) groups is 2. The number of carbonyl (C=O) groups excluding carboxylic acids is 1. The molecule has 1 amide bonds. The maximum atomic E-state index is 12.2. The molecular formula is C18H16Cl2N2OS2. The van der Waals surface area contributed by atoms with E-state index >= 15 is 0 Å². The fraction of sp³-hybridized carbons (Fsp3) is 0.222. The van der Waals surface area contributed by atoms with Crippen molar-refractivity contribution in [3.05, 3.63) is 63.6 Å². The average Bonchev–Trinajstić information content (AvgIpc) is 2.59. The number of amides is 1. The summed E-state index contributed by atoms with van der Waals surface area (Å²) in [7, 11) is 0. The Hall–Kier alpha value is -1.14. The van der Waals surface area contributed by atoms with Crippen LogP contribution in [0.5, 0.6) is 0 Å². The first kappa shape index (κ1) is 18.6. The Kier molecular flexibility index (Phi) is 6.34. The second-order valence-electron chi connectivity index (χ2n) is 5.54. The molecule has 3 nitrogen and oxygen atoms in total. The second kappa shape index (κ2) is 8.49.